The topological polar surface area (TPSA) is 66.4 Å². The number of hydrogen-bond donors (Lipinski definition) is 1. The van der Waals surface area contributed by atoms with Gasteiger partial charge in [-0.1, -0.05) is 121 Å². The third-order valence-corrected chi connectivity index (χ3v) is 6.74. The summed E-state index contributed by atoms with van der Waals surface area (Å²) in [7, 11) is 0. The lowest BCUT2D eigenvalue weighted by atomic mass is 9.98. The summed E-state index contributed by atoms with van der Waals surface area (Å²) in [6.45, 7) is 1.15. The van der Waals surface area contributed by atoms with E-state index in [2.05, 4.69) is 0 Å². The Hall–Kier alpha value is -3.36. The first-order valence-electron chi connectivity index (χ1n) is 14.1. The van der Waals surface area contributed by atoms with Crippen LogP contribution in [0.15, 0.2) is 121 Å². The molecule has 0 radical (unpaired) electrons. The first-order valence-corrected chi connectivity index (χ1v) is 13.6. The largest absolute Gasteiger partial charge is 0.374 e. The lowest BCUT2D eigenvalue weighted by Gasteiger charge is -2.44. The molecule has 6 nitrogen and oxygen atoms in total. The molecular weight excluding hydrogens is 504 g/mol. The average molecular weight is 542 g/mol. The number of hydrogen-bond acceptors (Lipinski definition) is 6. The lowest BCUT2D eigenvalue weighted by molar-refractivity contribution is -0.317. The van der Waals surface area contributed by atoms with E-state index in [9.17, 15) is 5.11 Å². The molecule has 1 heterocycles. The van der Waals surface area contributed by atoms with Crippen LogP contribution in [0.4, 0.5) is 0 Å². The van der Waals surface area contributed by atoms with E-state index in [1.807, 2.05) is 121 Å². The highest BCUT2D eigenvalue weighted by atomic mass is 16.7. The molecule has 40 heavy (non-hydrogen) atoms. The van der Waals surface area contributed by atoms with E-state index in [-0.39, 0.29) is 26.4 Å². The van der Waals surface area contributed by atoms with E-state index >= 15 is 0 Å². The molecule has 0 spiro atoms. The molecule has 6 heteroatoms. The maximum absolute atomic E-state index is 11.3. The van der Waals surface area contributed by atoms with Crippen LogP contribution in [-0.2, 0) is 50.1 Å². The van der Waals surface area contributed by atoms with E-state index in [0.29, 0.717) is 6.61 Å². The summed E-state index contributed by atoms with van der Waals surface area (Å²) in [5.74, 6) is 0. The monoisotopic (exact) mass is 541 g/mol. The summed E-state index contributed by atoms with van der Waals surface area (Å²) in [6.07, 6.45) is -5.87. The van der Waals surface area contributed by atoms with Crippen molar-refractivity contribution in [1.29, 1.82) is 0 Å². The Bertz CT molecular complexity index is 1290. The van der Waals surface area contributed by atoms with Gasteiger partial charge in [0.15, 0.2) is 6.27 Å². The van der Waals surface area contributed by atoms with Crippen molar-refractivity contribution in [3.05, 3.63) is 144 Å². The first-order chi connectivity index (χ1) is 20.1. The van der Waals surface area contributed by atoms with Gasteiger partial charge in [0, 0.05) is 0 Å². The third kappa shape index (κ3) is 8.08. The summed E-state index contributed by atoms with van der Waals surface area (Å²) >= 11 is 0. The summed E-state index contributed by atoms with van der Waals surface area (Å²) in [5.41, 5.74) is 3.84. The zero-order valence-corrected chi connectivity index (χ0v) is 22.4. The van der Waals surface area contributed by atoms with Gasteiger partial charge in [-0.15, -0.1) is 0 Å². The molecule has 0 amide bonds. The van der Waals surface area contributed by atoms with Gasteiger partial charge in [0.2, 0.25) is 0 Å². The minimum atomic E-state index is -2.40. The van der Waals surface area contributed by atoms with Gasteiger partial charge in [0.05, 0.1) is 34.4 Å². The van der Waals surface area contributed by atoms with Crippen LogP contribution in [0, 0.1) is 0 Å². The van der Waals surface area contributed by atoms with Gasteiger partial charge in [-0.3, -0.25) is 0 Å². The fraction of sp³-hybridized carbons (Fsp3) is 0.294. The first kappa shape index (κ1) is 26.8. The van der Waals surface area contributed by atoms with E-state index in [1.54, 1.807) is 0 Å². The maximum Gasteiger partial charge on any atom is 0.184 e. The predicted octanol–water partition coefficient (Wildman–Crippen LogP) is 5.68. The van der Waals surface area contributed by atoms with Crippen molar-refractivity contribution in [2.24, 2.45) is 0 Å². The smallest absolute Gasteiger partial charge is 0.184 e. The second kappa shape index (κ2) is 14.9. The van der Waals surface area contributed by atoms with E-state index in [0.717, 1.165) is 22.3 Å². The van der Waals surface area contributed by atoms with Gasteiger partial charge in [-0.25, -0.2) is 0 Å². The van der Waals surface area contributed by atoms with Crippen LogP contribution >= 0.6 is 0 Å². The van der Waals surface area contributed by atoms with E-state index in [4.69, 9.17) is 25.1 Å². The van der Waals surface area contributed by atoms with Gasteiger partial charge in [0.25, 0.3) is 0 Å². The van der Waals surface area contributed by atoms with Crippen molar-refractivity contribution < 1.29 is 30.2 Å². The van der Waals surface area contributed by atoms with Gasteiger partial charge in [-0.2, -0.15) is 0 Å². The van der Waals surface area contributed by atoms with Crippen molar-refractivity contribution >= 4 is 0 Å². The second-order valence-corrected chi connectivity index (χ2v) is 9.73. The van der Waals surface area contributed by atoms with E-state index < -0.39 is 30.7 Å². The molecule has 1 aliphatic rings. The molecule has 208 valence electrons. The number of benzene rings is 4. The Morgan fingerprint density at radius 3 is 1.35 bits per heavy atom. The highest BCUT2D eigenvalue weighted by molar-refractivity contribution is 5.16. The molecule has 1 unspecified atom stereocenters. The Morgan fingerprint density at radius 2 is 0.900 bits per heavy atom. The van der Waals surface area contributed by atoms with Crippen LogP contribution in [0.25, 0.3) is 0 Å². The molecule has 5 atom stereocenters. The van der Waals surface area contributed by atoms with Crippen molar-refractivity contribution in [3.8, 4) is 0 Å². The van der Waals surface area contributed by atoms with E-state index in [1.165, 1.54) is 0 Å². The van der Waals surface area contributed by atoms with Gasteiger partial charge in [-0.05, 0) is 22.3 Å². The quantitative estimate of drug-likeness (QED) is 0.235. The molecule has 1 saturated heterocycles. The molecule has 0 saturated carbocycles. The number of ether oxygens (including phenoxy) is 5. The summed E-state index contributed by atoms with van der Waals surface area (Å²) in [6, 6.07) is 39.0. The minimum absolute atomic E-state index is 0.0894. The van der Waals surface area contributed by atoms with Crippen molar-refractivity contribution in [2.75, 3.05) is 6.61 Å². The minimum Gasteiger partial charge on any atom is -0.374 e. The van der Waals surface area contributed by atoms with Crippen LogP contribution in [-0.4, -0.2) is 42.4 Å². The highest BCUT2D eigenvalue weighted by Gasteiger charge is 2.48. The van der Waals surface area contributed by atoms with Crippen molar-refractivity contribution in [1.82, 2.24) is 0 Å². The zero-order chi connectivity index (χ0) is 28.3. The summed E-state index contributed by atoms with van der Waals surface area (Å²) < 4.78 is 39.8. The number of rotatable bonds is 13. The normalized spacial score (nSPS) is 24.9. The van der Waals surface area contributed by atoms with Crippen LogP contribution < -0.4 is 0 Å². The molecule has 1 fully saturated rings. The SMILES string of the molecule is [2H]C1(O)O[C@H](COCc2ccccc2)[C@@H](OCc2ccccc2)[C@H](OCc2ccccc2)[C@H]1OCc1ccccc1. The maximum atomic E-state index is 11.3. The summed E-state index contributed by atoms with van der Waals surface area (Å²) in [4.78, 5) is 0. The molecule has 1 aliphatic heterocycles. The van der Waals surface area contributed by atoms with Gasteiger partial charge in [0.1, 0.15) is 24.4 Å². The van der Waals surface area contributed by atoms with Crippen LogP contribution in [0.3, 0.4) is 0 Å². The molecule has 5 rings (SSSR count). The number of aliphatic hydroxyl groups is 1. The van der Waals surface area contributed by atoms with Crippen molar-refractivity contribution in [2.45, 2.75) is 57.1 Å². The highest BCUT2D eigenvalue weighted by Crippen LogP contribution is 2.30. The molecule has 0 bridgehead atoms. The predicted molar refractivity (Wildman–Crippen MR) is 152 cm³/mol. The fourth-order valence-electron chi connectivity index (χ4n) is 4.65. The summed E-state index contributed by atoms with van der Waals surface area (Å²) in [5, 5.41) is 11.3. The van der Waals surface area contributed by atoms with Crippen LogP contribution in [0.5, 0.6) is 0 Å². The van der Waals surface area contributed by atoms with Crippen LogP contribution in [0.1, 0.15) is 23.6 Å². The molecule has 1 N–H and O–H groups in total. The zero-order valence-electron chi connectivity index (χ0n) is 23.4. The Kier molecular flexibility index (Phi) is 9.97. The molecule has 4 aromatic rings. The Balaban J connectivity index is 1.39. The molecule has 4 aromatic carbocycles. The lowest BCUT2D eigenvalue weighted by Crippen LogP contribution is -2.61. The van der Waals surface area contributed by atoms with Crippen LogP contribution in [0.2, 0.25) is 0 Å². The Morgan fingerprint density at radius 1 is 0.525 bits per heavy atom. The molecule has 0 aromatic heterocycles. The fourth-order valence-corrected chi connectivity index (χ4v) is 4.65. The molecule has 0 aliphatic carbocycles. The van der Waals surface area contributed by atoms with Crippen molar-refractivity contribution in [3.63, 3.8) is 0 Å². The third-order valence-electron chi connectivity index (χ3n) is 6.74. The van der Waals surface area contributed by atoms with Gasteiger partial charge < -0.3 is 28.8 Å². The standard InChI is InChI=1S/C34H36O6/c35-34-33(39-24-29-19-11-4-12-20-29)32(38-23-28-17-9-3-10-18-28)31(37-22-27-15-7-2-8-16-27)30(40-34)25-36-21-26-13-5-1-6-14-26/h1-20,30-35H,21-25H2/t30-,31-,32+,33-,34?/m1/s1/i34D. The average Bonchev–Trinajstić information content (AvgIpc) is 3.01. The van der Waals surface area contributed by atoms with Gasteiger partial charge >= 0.3 is 0 Å². The second-order valence-electron chi connectivity index (χ2n) is 9.73. The molecular formula is C34H36O6. The Labute approximate surface area is 237 Å².